The summed E-state index contributed by atoms with van der Waals surface area (Å²) in [5.74, 6) is -3.54. The molecule has 1 N–H and O–H groups in total. The summed E-state index contributed by atoms with van der Waals surface area (Å²) < 4.78 is 26.7. The van der Waals surface area contributed by atoms with Crippen LogP contribution >= 0.6 is 0 Å². The SMILES string of the molecule is CCCCN1CCC(CO)C(F)(F)C1. The Labute approximate surface area is 83.9 Å². The van der Waals surface area contributed by atoms with Gasteiger partial charge in [-0.15, -0.1) is 0 Å². The maximum Gasteiger partial charge on any atom is 0.265 e. The lowest BCUT2D eigenvalue weighted by molar-refractivity contribution is -0.124. The van der Waals surface area contributed by atoms with Crippen LogP contribution in [-0.2, 0) is 0 Å². The number of aliphatic hydroxyl groups excluding tert-OH is 1. The van der Waals surface area contributed by atoms with Crippen LogP contribution in [0.4, 0.5) is 8.78 Å². The van der Waals surface area contributed by atoms with Crippen molar-refractivity contribution in [2.45, 2.75) is 32.1 Å². The highest BCUT2D eigenvalue weighted by atomic mass is 19.3. The number of likely N-dealkylation sites (tertiary alicyclic amines) is 1. The standard InChI is InChI=1S/C10H19F2NO/c1-2-3-5-13-6-4-9(7-14)10(11,12)8-13/h9,14H,2-8H2,1H3. The van der Waals surface area contributed by atoms with Crippen molar-refractivity contribution >= 4 is 0 Å². The van der Waals surface area contributed by atoms with Crippen LogP contribution < -0.4 is 0 Å². The van der Waals surface area contributed by atoms with Gasteiger partial charge in [0.15, 0.2) is 0 Å². The molecule has 1 aliphatic heterocycles. The highest BCUT2D eigenvalue weighted by Crippen LogP contribution is 2.32. The van der Waals surface area contributed by atoms with Crippen LogP contribution in [-0.4, -0.2) is 42.2 Å². The average molecular weight is 207 g/mol. The molecule has 0 aromatic heterocycles. The molecule has 1 atom stereocenters. The van der Waals surface area contributed by atoms with Crippen molar-refractivity contribution in [3.05, 3.63) is 0 Å². The second kappa shape index (κ2) is 5.03. The minimum absolute atomic E-state index is 0.182. The fourth-order valence-electron chi connectivity index (χ4n) is 1.85. The number of hydrogen-bond donors (Lipinski definition) is 1. The zero-order valence-corrected chi connectivity index (χ0v) is 8.68. The highest BCUT2D eigenvalue weighted by Gasteiger charge is 2.43. The molecule has 4 heteroatoms. The molecule has 1 rings (SSSR count). The number of halogens is 2. The Bertz CT molecular complexity index is 176. The summed E-state index contributed by atoms with van der Waals surface area (Å²) in [4.78, 5) is 1.80. The van der Waals surface area contributed by atoms with Gasteiger partial charge in [0.1, 0.15) is 0 Å². The molecule has 2 nitrogen and oxygen atoms in total. The molecule has 1 fully saturated rings. The summed E-state index contributed by atoms with van der Waals surface area (Å²) >= 11 is 0. The Kier molecular flexibility index (Phi) is 4.26. The van der Waals surface area contributed by atoms with Crippen LogP contribution in [0, 0.1) is 5.92 Å². The van der Waals surface area contributed by atoms with Crippen molar-refractivity contribution in [3.63, 3.8) is 0 Å². The van der Waals surface area contributed by atoms with Crippen molar-refractivity contribution in [1.82, 2.24) is 4.90 Å². The molecule has 0 aliphatic carbocycles. The van der Waals surface area contributed by atoms with Gasteiger partial charge in [0.25, 0.3) is 5.92 Å². The van der Waals surface area contributed by atoms with E-state index < -0.39 is 18.4 Å². The monoisotopic (exact) mass is 207 g/mol. The molecule has 0 amide bonds. The molecule has 1 heterocycles. The van der Waals surface area contributed by atoms with Crippen molar-refractivity contribution in [3.8, 4) is 0 Å². The molecule has 1 aliphatic rings. The molecular formula is C10H19F2NO. The smallest absolute Gasteiger partial charge is 0.265 e. The molecule has 1 unspecified atom stereocenters. The topological polar surface area (TPSA) is 23.5 Å². The van der Waals surface area contributed by atoms with Gasteiger partial charge in [-0.1, -0.05) is 13.3 Å². The fraction of sp³-hybridized carbons (Fsp3) is 1.00. The molecule has 0 radical (unpaired) electrons. The maximum absolute atomic E-state index is 13.3. The first-order chi connectivity index (χ1) is 6.60. The zero-order chi connectivity index (χ0) is 10.6. The lowest BCUT2D eigenvalue weighted by atomic mass is 9.93. The van der Waals surface area contributed by atoms with E-state index in [0.29, 0.717) is 13.0 Å². The summed E-state index contributed by atoms with van der Waals surface area (Å²) in [5, 5.41) is 8.79. The van der Waals surface area contributed by atoms with Crippen LogP contribution in [0.5, 0.6) is 0 Å². The molecular weight excluding hydrogens is 188 g/mol. The number of rotatable bonds is 4. The highest BCUT2D eigenvalue weighted by molar-refractivity contribution is 4.86. The number of piperidine rings is 1. The Hall–Kier alpha value is -0.220. The zero-order valence-electron chi connectivity index (χ0n) is 8.68. The predicted molar refractivity (Wildman–Crippen MR) is 51.5 cm³/mol. The van der Waals surface area contributed by atoms with Gasteiger partial charge in [0, 0.05) is 5.92 Å². The summed E-state index contributed by atoms with van der Waals surface area (Å²) in [6.45, 7) is 2.93. The maximum atomic E-state index is 13.3. The Morgan fingerprint density at radius 2 is 2.21 bits per heavy atom. The summed E-state index contributed by atoms with van der Waals surface area (Å²) in [6.07, 6.45) is 2.42. The number of hydrogen-bond acceptors (Lipinski definition) is 2. The summed E-state index contributed by atoms with van der Waals surface area (Å²) in [7, 11) is 0. The molecule has 0 saturated carbocycles. The van der Waals surface area contributed by atoms with Crippen molar-refractivity contribution < 1.29 is 13.9 Å². The molecule has 0 aromatic rings. The van der Waals surface area contributed by atoms with Gasteiger partial charge < -0.3 is 5.11 Å². The van der Waals surface area contributed by atoms with Gasteiger partial charge in [0.05, 0.1) is 13.2 Å². The van der Waals surface area contributed by atoms with Gasteiger partial charge in [-0.05, 0) is 25.9 Å². The van der Waals surface area contributed by atoms with Crippen LogP contribution in [0.25, 0.3) is 0 Å². The first kappa shape index (κ1) is 11.9. The number of nitrogens with zero attached hydrogens (tertiary/aromatic N) is 1. The van der Waals surface area contributed by atoms with Crippen molar-refractivity contribution in [2.75, 3.05) is 26.2 Å². The molecule has 0 spiro atoms. The van der Waals surface area contributed by atoms with E-state index in [9.17, 15) is 8.78 Å². The Morgan fingerprint density at radius 1 is 1.50 bits per heavy atom. The molecule has 1 saturated heterocycles. The minimum Gasteiger partial charge on any atom is -0.396 e. The van der Waals surface area contributed by atoms with E-state index in [1.807, 2.05) is 0 Å². The predicted octanol–water partition coefficient (Wildman–Crippen LogP) is 1.74. The van der Waals surface area contributed by atoms with Gasteiger partial charge in [-0.2, -0.15) is 0 Å². The number of alkyl halides is 2. The molecule has 0 bridgehead atoms. The van der Waals surface area contributed by atoms with Gasteiger partial charge in [-0.3, -0.25) is 4.90 Å². The third-order valence-electron chi connectivity index (χ3n) is 2.87. The van der Waals surface area contributed by atoms with Gasteiger partial charge >= 0.3 is 0 Å². The number of aliphatic hydroxyl groups is 1. The van der Waals surface area contributed by atoms with E-state index in [0.717, 1.165) is 19.4 Å². The molecule has 14 heavy (non-hydrogen) atoms. The van der Waals surface area contributed by atoms with E-state index in [1.54, 1.807) is 4.90 Å². The van der Waals surface area contributed by atoms with Crippen LogP contribution in [0.1, 0.15) is 26.2 Å². The van der Waals surface area contributed by atoms with Crippen molar-refractivity contribution in [2.24, 2.45) is 5.92 Å². The van der Waals surface area contributed by atoms with E-state index in [-0.39, 0.29) is 6.54 Å². The second-order valence-electron chi connectivity index (χ2n) is 4.06. The minimum atomic E-state index is -2.71. The number of unbranched alkanes of at least 4 members (excludes halogenated alkanes) is 1. The average Bonchev–Trinajstić information content (AvgIpc) is 2.13. The Balaban J connectivity index is 2.41. The lowest BCUT2D eigenvalue weighted by Gasteiger charge is -2.37. The lowest BCUT2D eigenvalue weighted by Crippen LogP contribution is -2.49. The van der Waals surface area contributed by atoms with E-state index in [1.165, 1.54) is 0 Å². The molecule has 84 valence electrons. The quantitative estimate of drug-likeness (QED) is 0.759. The molecule has 0 aromatic carbocycles. The fourth-order valence-corrected chi connectivity index (χ4v) is 1.85. The van der Waals surface area contributed by atoms with Crippen LogP contribution in [0.3, 0.4) is 0 Å². The summed E-state index contributed by atoms with van der Waals surface area (Å²) in [6, 6.07) is 0. The third-order valence-corrected chi connectivity index (χ3v) is 2.87. The third kappa shape index (κ3) is 2.89. The first-order valence-electron chi connectivity index (χ1n) is 5.31. The van der Waals surface area contributed by atoms with Gasteiger partial charge in [0.2, 0.25) is 0 Å². The second-order valence-corrected chi connectivity index (χ2v) is 4.06. The summed E-state index contributed by atoms with van der Waals surface area (Å²) in [5.41, 5.74) is 0. The van der Waals surface area contributed by atoms with Crippen molar-refractivity contribution in [1.29, 1.82) is 0 Å². The van der Waals surface area contributed by atoms with E-state index in [4.69, 9.17) is 5.11 Å². The van der Waals surface area contributed by atoms with E-state index in [2.05, 4.69) is 6.92 Å². The first-order valence-corrected chi connectivity index (χ1v) is 5.31. The van der Waals surface area contributed by atoms with Crippen LogP contribution in [0.2, 0.25) is 0 Å². The Morgan fingerprint density at radius 3 is 2.71 bits per heavy atom. The largest absolute Gasteiger partial charge is 0.396 e. The van der Waals surface area contributed by atoms with Crippen LogP contribution in [0.15, 0.2) is 0 Å². The van der Waals surface area contributed by atoms with Gasteiger partial charge in [-0.25, -0.2) is 8.78 Å². The van der Waals surface area contributed by atoms with E-state index >= 15 is 0 Å². The normalized spacial score (nSPS) is 27.9.